The number of aliphatic hydroxyl groups is 1. The average molecular weight is 893 g/mol. The van der Waals surface area contributed by atoms with Crippen molar-refractivity contribution >= 4 is 51.8 Å². The predicted octanol–water partition coefficient (Wildman–Crippen LogP) is 4.36. The molecule has 0 aliphatic heterocycles. The van der Waals surface area contributed by atoms with Gasteiger partial charge in [-0.05, 0) is 82.6 Å². The number of benzene rings is 4. The van der Waals surface area contributed by atoms with Crippen LogP contribution in [-0.4, -0.2) is 94.3 Å². The predicted molar refractivity (Wildman–Crippen MR) is 245 cm³/mol. The molecule has 6 atom stereocenters. The number of fused-ring (bicyclic) bond motifs is 1. The Kier molecular flexibility index (Phi) is 18.3. The molecular formula is C49H57ClN6O8. The second kappa shape index (κ2) is 24.0. The number of halogens is 1. The van der Waals surface area contributed by atoms with Gasteiger partial charge in [-0.2, -0.15) is 0 Å². The Morgan fingerprint density at radius 3 is 1.77 bits per heavy atom. The van der Waals surface area contributed by atoms with Crippen molar-refractivity contribution in [2.45, 2.75) is 89.8 Å². The van der Waals surface area contributed by atoms with Crippen molar-refractivity contribution < 1.29 is 38.9 Å². The van der Waals surface area contributed by atoms with Gasteiger partial charge in [0, 0.05) is 50.2 Å². The first-order chi connectivity index (χ1) is 30.6. The summed E-state index contributed by atoms with van der Waals surface area (Å²) in [5.41, 5.74) is 2.79. The monoisotopic (exact) mass is 892 g/mol. The van der Waals surface area contributed by atoms with E-state index in [2.05, 4.69) is 31.6 Å². The average Bonchev–Trinajstić information content (AvgIpc) is 3.26. The van der Waals surface area contributed by atoms with Gasteiger partial charge in [-0.3, -0.25) is 34.3 Å². The molecule has 0 spiro atoms. The Bertz CT molecular complexity index is 2330. The zero-order chi connectivity index (χ0) is 46.2. The van der Waals surface area contributed by atoms with Crippen molar-refractivity contribution in [2.24, 2.45) is 5.92 Å². The van der Waals surface area contributed by atoms with E-state index >= 15 is 0 Å². The standard InChI is InChI=1S/C49H57ClN6O8/c1-30(2)28-64-29-45(49(63)53-41(31(3)57)23-34-14-19-40(59)20-15-34)56-48(62)44(26-36-8-7-21-51-27-36)55-47(61)43(24-33-12-17-39(50)18-13-33)54-46(60)42(52-32(4)58)25-35-11-16-37-9-5-6-10-38(37)22-35/h5-22,27,30,41-45,49,53,59,63H,23-26,28-29H2,1-4H3,(H,52,58)(H,54,60)(H,55,61)(H,56,62)/t41-,42+,43+,44+,45-,49?/m0/s1. The number of carbonyl (C=O) groups excluding carboxylic acids is 5. The van der Waals surface area contributed by atoms with Gasteiger partial charge in [0.25, 0.3) is 0 Å². The summed E-state index contributed by atoms with van der Waals surface area (Å²) in [5.74, 6) is -2.51. The molecule has 5 aromatic rings. The number of Topliss-reactive ketones (excluding diaryl/α,β-unsaturated/α-hetero) is 1. The molecule has 7 N–H and O–H groups in total. The van der Waals surface area contributed by atoms with Crippen LogP contribution in [0.1, 0.15) is 49.9 Å². The number of pyridine rings is 1. The van der Waals surface area contributed by atoms with Crippen LogP contribution in [0.15, 0.2) is 116 Å². The van der Waals surface area contributed by atoms with Gasteiger partial charge >= 0.3 is 0 Å². The normalized spacial score (nSPS) is 14.1. The fourth-order valence-electron chi connectivity index (χ4n) is 7.07. The Balaban J connectivity index is 1.40. The lowest BCUT2D eigenvalue weighted by Gasteiger charge is -2.30. The quantitative estimate of drug-likeness (QED) is 0.0462. The van der Waals surface area contributed by atoms with E-state index in [1.807, 2.05) is 56.3 Å². The SMILES string of the molecule is CC(=O)N[C@H](Cc1ccc2ccccc2c1)C(=O)N[C@H](Cc1ccc(Cl)cc1)C(=O)N[C@H](Cc1cccnc1)C(=O)N[C@@H](COCC(C)C)C(O)N[C@@H](Cc1ccc(O)cc1)C(C)=O. The number of aliphatic hydroxyl groups excluding tert-OH is 1. The number of phenolic OH excluding ortho intramolecular Hbond substituents is 1. The number of hydrogen-bond acceptors (Lipinski definition) is 10. The van der Waals surface area contributed by atoms with Crippen molar-refractivity contribution in [1.29, 1.82) is 0 Å². The molecule has 4 amide bonds. The number of ketones is 1. The lowest BCUT2D eigenvalue weighted by atomic mass is 9.99. The first-order valence-corrected chi connectivity index (χ1v) is 21.6. The third kappa shape index (κ3) is 15.6. The Morgan fingerprint density at radius 1 is 0.625 bits per heavy atom. The minimum absolute atomic E-state index is 0.000503. The topological polar surface area (TPSA) is 208 Å². The van der Waals surface area contributed by atoms with E-state index in [-0.39, 0.29) is 49.7 Å². The molecule has 5 rings (SSSR count). The highest BCUT2D eigenvalue weighted by molar-refractivity contribution is 6.30. The summed E-state index contributed by atoms with van der Waals surface area (Å²) in [6.07, 6.45) is 1.95. The molecule has 338 valence electrons. The third-order valence-electron chi connectivity index (χ3n) is 10.4. The molecule has 0 radical (unpaired) electrons. The van der Waals surface area contributed by atoms with Crippen LogP contribution in [0.5, 0.6) is 5.75 Å². The summed E-state index contributed by atoms with van der Waals surface area (Å²) in [4.78, 5) is 72.5. The van der Waals surface area contributed by atoms with E-state index in [1.54, 1.807) is 60.9 Å². The largest absolute Gasteiger partial charge is 0.508 e. The Morgan fingerprint density at radius 2 is 1.17 bits per heavy atom. The van der Waals surface area contributed by atoms with Crippen LogP contribution in [0.3, 0.4) is 0 Å². The van der Waals surface area contributed by atoms with Gasteiger partial charge < -0.3 is 36.2 Å². The summed E-state index contributed by atoms with van der Waals surface area (Å²) in [6, 6.07) is 24.6. The van der Waals surface area contributed by atoms with Crippen LogP contribution in [0.25, 0.3) is 10.8 Å². The summed E-state index contributed by atoms with van der Waals surface area (Å²) >= 11 is 6.18. The van der Waals surface area contributed by atoms with E-state index in [0.717, 1.165) is 21.9 Å². The minimum atomic E-state index is -1.48. The number of aromatic nitrogens is 1. The number of amides is 4. The lowest BCUT2D eigenvalue weighted by Crippen LogP contribution is -2.61. The number of ether oxygens (including phenoxy) is 1. The van der Waals surface area contributed by atoms with E-state index in [0.29, 0.717) is 22.8 Å². The second-order valence-electron chi connectivity index (χ2n) is 16.3. The van der Waals surface area contributed by atoms with Crippen LogP contribution in [0, 0.1) is 5.92 Å². The molecule has 15 heteroatoms. The first kappa shape index (κ1) is 48.8. The van der Waals surface area contributed by atoms with Gasteiger partial charge in [-0.15, -0.1) is 0 Å². The number of nitrogens with zero attached hydrogens (tertiary/aromatic N) is 1. The van der Waals surface area contributed by atoms with Crippen molar-refractivity contribution in [2.75, 3.05) is 13.2 Å². The van der Waals surface area contributed by atoms with E-state index in [4.69, 9.17) is 16.3 Å². The Hall–Kier alpha value is -6.19. The summed E-state index contributed by atoms with van der Waals surface area (Å²) in [6.45, 7) is 6.76. The van der Waals surface area contributed by atoms with Crippen molar-refractivity contribution in [3.05, 3.63) is 143 Å². The van der Waals surface area contributed by atoms with Crippen LogP contribution < -0.4 is 26.6 Å². The smallest absolute Gasteiger partial charge is 0.243 e. The summed E-state index contributed by atoms with van der Waals surface area (Å²) in [7, 11) is 0. The molecular weight excluding hydrogens is 836 g/mol. The highest BCUT2D eigenvalue weighted by Crippen LogP contribution is 2.18. The maximum absolute atomic E-state index is 14.5. The Labute approximate surface area is 378 Å². The lowest BCUT2D eigenvalue weighted by molar-refractivity contribution is -0.134. The van der Waals surface area contributed by atoms with Gasteiger partial charge in [0.1, 0.15) is 35.9 Å². The number of aromatic hydroxyl groups is 1. The zero-order valence-electron chi connectivity index (χ0n) is 36.4. The molecule has 0 bridgehead atoms. The summed E-state index contributed by atoms with van der Waals surface area (Å²) < 4.78 is 5.89. The second-order valence-corrected chi connectivity index (χ2v) is 16.8. The molecule has 0 saturated carbocycles. The van der Waals surface area contributed by atoms with E-state index < -0.39 is 60.1 Å². The fraction of sp³-hybridized carbons (Fsp3) is 0.347. The molecule has 0 aliphatic carbocycles. The van der Waals surface area contributed by atoms with Gasteiger partial charge in [0.2, 0.25) is 23.6 Å². The number of carbonyl (C=O) groups is 5. The van der Waals surface area contributed by atoms with Crippen molar-refractivity contribution in [1.82, 2.24) is 31.6 Å². The van der Waals surface area contributed by atoms with Crippen LogP contribution in [0.2, 0.25) is 5.02 Å². The molecule has 1 aromatic heterocycles. The molecule has 14 nitrogen and oxygen atoms in total. The molecule has 0 aliphatic rings. The highest BCUT2D eigenvalue weighted by atomic mass is 35.5. The maximum Gasteiger partial charge on any atom is 0.243 e. The molecule has 1 heterocycles. The first-order valence-electron chi connectivity index (χ1n) is 21.2. The van der Waals surface area contributed by atoms with Crippen LogP contribution in [-0.2, 0) is 54.4 Å². The number of hydrogen-bond donors (Lipinski definition) is 7. The molecule has 1 unspecified atom stereocenters. The molecule has 0 fully saturated rings. The van der Waals surface area contributed by atoms with E-state index in [1.165, 1.54) is 26.0 Å². The highest BCUT2D eigenvalue weighted by Gasteiger charge is 2.33. The van der Waals surface area contributed by atoms with Crippen LogP contribution in [0.4, 0.5) is 0 Å². The maximum atomic E-state index is 14.5. The van der Waals surface area contributed by atoms with Gasteiger partial charge in [-0.25, -0.2) is 0 Å². The number of nitrogens with one attached hydrogen (secondary N) is 5. The van der Waals surface area contributed by atoms with E-state index in [9.17, 15) is 34.2 Å². The zero-order valence-corrected chi connectivity index (χ0v) is 37.2. The van der Waals surface area contributed by atoms with Crippen molar-refractivity contribution in [3.8, 4) is 5.75 Å². The fourth-order valence-corrected chi connectivity index (χ4v) is 7.19. The third-order valence-corrected chi connectivity index (χ3v) is 10.7. The van der Waals surface area contributed by atoms with Gasteiger partial charge in [-0.1, -0.05) is 98.2 Å². The molecule has 64 heavy (non-hydrogen) atoms. The molecule has 4 aromatic carbocycles. The number of phenols is 1. The van der Waals surface area contributed by atoms with Crippen LogP contribution >= 0.6 is 11.6 Å². The van der Waals surface area contributed by atoms with Gasteiger partial charge in [0.15, 0.2) is 0 Å². The minimum Gasteiger partial charge on any atom is -0.508 e. The summed E-state index contributed by atoms with van der Waals surface area (Å²) in [5, 5.41) is 38.0. The van der Waals surface area contributed by atoms with Crippen molar-refractivity contribution in [3.63, 3.8) is 0 Å². The number of rotatable bonds is 23. The molecule has 0 saturated heterocycles. The van der Waals surface area contributed by atoms with Gasteiger partial charge in [0.05, 0.1) is 18.7 Å².